The monoisotopic (exact) mass is 257 g/mol. The fourth-order valence-electron chi connectivity index (χ4n) is 1.41. The minimum absolute atomic E-state index is 0.337. The fraction of sp³-hybridized carbons (Fsp3) is 0.0667. The molecule has 0 aliphatic carbocycles. The maximum Gasteiger partial charge on any atom is 0.127 e. The van der Waals surface area contributed by atoms with Crippen molar-refractivity contribution < 1.29 is 4.74 Å². The van der Waals surface area contributed by atoms with Gasteiger partial charge in [-0.1, -0.05) is 11.8 Å². The summed E-state index contributed by atoms with van der Waals surface area (Å²) < 4.78 is 5.66. The van der Waals surface area contributed by atoms with Crippen molar-refractivity contribution in [3.63, 3.8) is 0 Å². The third kappa shape index (κ3) is 3.44. The first-order valence-electron chi connectivity index (χ1n) is 5.46. The molecular formula is C15H12ClNO. The zero-order valence-electron chi connectivity index (χ0n) is 9.69. The Bertz CT molecular complexity index is 564. The van der Waals surface area contributed by atoms with Crippen LogP contribution in [0.15, 0.2) is 48.5 Å². The van der Waals surface area contributed by atoms with Gasteiger partial charge in [-0.05, 0) is 48.5 Å². The molecule has 2 N–H and O–H groups in total. The summed E-state index contributed by atoms with van der Waals surface area (Å²) >= 11 is 5.49. The van der Waals surface area contributed by atoms with E-state index in [-0.39, 0.29) is 0 Å². The molecule has 2 aromatic carbocycles. The molecule has 2 nitrogen and oxygen atoms in total. The lowest BCUT2D eigenvalue weighted by molar-refractivity contribution is 0.483. The third-order valence-electron chi connectivity index (χ3n) is 2.27. The SMILES string of the molecule is Nc1ccc(Oc2ccc(C#CCCl)cc2)cc1. The number of rotatable bonds is 2. The van der Waals surface area contributed by atoms with E-state index >= 15 is 0 Å². The molecule has 0 aliphatic heterocycles. The molecule has 0 unspecified atom stereocenters. The Balaban J connectivity index is 2.08. The maximum atomic E-state index is 5.66. The van der Waals surface area contributed by atoms with Crippen LogP contribution in [0.1, 0.15) is 5.56 Å². The molecular weight excluding hydrogens is 246 g/mol. The predicted octanol–water partition coefficient (Wildman–Crippen LogP) is 3.65. The molecule has 2 aromatic rings. The van der Waals surface area contributed by atoms with Gasteiger partial charge in [0.15, 0.2) is 0 Å². The number of anilines is 1. The summed E-state index contributed by atoms with van der Waals surface area (Å²) in [4.78, 5) is 0. The van der Waals surface area contributed by atoms with E-state index in [0.29, 0.717) is 11.6 Å². The highest BCUT2D eigenvalue weighted by Gasteiger charge is 1.96. The Morgan fingerprint density at radius 3 is 2.06 bits per heavy atom. The molecule has 0 fully saturated rings. The van der Waals surface area contributed by atoms with E-state index in [1.54, 1.807) is 12.1 Å². The molecule has 3 heteroatoms. The molecule has 0 saturated carbocycles. The topological polar surface area (TPSA) is 35.2 Å². The summed E-state index contributed by atoms with van der Waals surface area (Å²) in [6, 6.07) is 14.8. The van der Waals surface area contributed by atoms with E-state index in [2.05, 4.69) is 11.8 Å². The number of nitrogens with two attached hydrogens (primary N) is 1. The normalized spacial score (nSPS) is 9.39. The second-order valence-corrected chi connectivity index (χ2v) is 3.90. The van der Waals surface area contributed by atoms with Crippen LogP contribution in [0, 0.1) is 11.8 Å². The van der Waals surface area contributed by atoms with E-state index in [1.165, 1.54) is 0 Å². The lowest BCUT2D eigenvalue weighted by Crippen LogP contribution is -1.86. The Labute approximate surface area is 111 Å². The number of nitrogen functional groups attached to an aromatic ring is 1. The molecule has 0 atom stereocenters. The lowest BCUT2D eigenvalue weighted by Gasteiger charge is -2.05. The first-order chi connectivity index (χ1) is 8.78. The van der Waals surface area contributed by atoms with Gasteiger partial charge in [-0.15, -0.1) is 11.6 Å². The van der Waals surface area contributed by atoms with Crippen LogP contribution in [-0.2, 0) is 0 Å². The minimum atomic E-state index is 0.337. The van der Waals surface area contributed by atoms with Gasteiger partial charge in [0.25, 0.3) is 0 Å². The molecule has 0 radical (unpaired) electrons. The van der Waals surface area contributed by atoms with Crippen LogP contribution in [0.2, 0.25) is 0 Å². The van der Waals surface area contributed by atoms with Crippen molar-refractivity contribution in [3.05, 3.63) is 54.1 Å². The number of benzene rings is 2. The van der Waals surface area contributed by atoms with Gasteiger partial charge in [0, 0.05) is 11.3 Å². The molecule has 0 heterocycles. The summed E-state index contributed by atoms with van der Waals surface area (Å²) in [5, 5.41) is 0. The zero-order valence-corrected chi connectivity index (χ0v) is 10.4. The van der Waals surface area contributed by atoms with Crippen LogP contribution in [0.3, 0.4) is 0 Å². The Hall–Kier alpha value is -2.11. The van der Waals surface area contributed by atoms with Crippen molar-refractivity contribution in [1.82, 2.24) is 0 Å². The van der Waals surface area contributed by atoms with Crippen LogP contribution in [0.5, 0.6) is 11.5 Å². The highest BCUT2D eigenvalue weighted by molar-refractivity contribution is 6.19. The predicted molar refractivity (Wildman–Crippen MR) is 75.0 cm³/mol. The maximum absolute atomic E-state index is 5.66. The molecule has 18 heavy (non-hydrogen) atoms. The molecule has 0 amide bonds. The highest BCUT2D eigenvalue weighted by atomic mass is 35.5. The number of hydrogen-bond acceptors (Lipinski definition) is 2. The summed E-state index contributed by atoms with van der Waals surface area (Å²) in [7, 11) is 0. The van der Waals surface area contributed by atoms with Crippen LogP contribution in [0.25, 0.3) is 0 Å². The van der Waals surface area contributed by atoms with Crippen LogP contribution < -0.4 is 10.5 Å². The average molecular weight is 258 g/mol. The van der Waals surface area contributed by atoms with E-state index in [0.717, 1.165) is 17.1 Å². The van der Waals surface area contributed by atoms with Crippen molar-refractivity contribution in [2.45, 2.75) is 0 Å². The minimum Gasteiger partial charge on any atom is -0.457 e. The second kappa shape index (κ2) is 6.00. The largest absolute Gasteiger partial charge is 0.457 e. The van der Waals surface area contributed by atoms with Gasteiger partial charge in [0.1, 0.15) is 11.5 Å². The van der Waals surface area contributed by atoms with Gasteiger partial charge < -0.3 is 10.5 Å². The Morgan fingerprint density at radius 1 is 0.944 bits per heavy atom. The summed E-state index contributed by atoms with van der Waals surface area (Å²) in [5.74, 6) is 7.59. The van der Waals surface area contributed by atoms with Crippen LogP contribution in [-0.4, -0.2) is 5.88 Å². The number of alkyl halides is 1. The smallest absolute Gasteiger partial charge is 0.127 e. The molecule has 0 aromatic heterocycles. The van der Waals surface area contributed by atoms with Gasteiger partial charge >= 0.3 is 0 Å². The van der Waals surface area contributed by atoms with Gasteiger partial charge in [-0.25, -0.2) is 0 Å². The standard InChI is InChI=1S/C15H12ClNO/c16-11-1-2-12-3-7-14(8-4-12)18-15-9-5-13(17)6-10-15/h3-10H,11,17H2. The van der Waals surface area contributed by atoms with E-state index in [1.807, 2.05) is 36.4 Å². The van der Waals surface area contributed by atoms with Gasteiger partial charge in [-0.3, -0.25) is 0 Å². The number of hydrogen-bond donors (Lipinski definition) is 1. The summed E-state index contributed by atoms with van der Waals surface area (Å²) in [6.07, 6.45) is 0. The van der Waals surface area contributed by atoms with E-state index in [4.69, 9.17) is 22.1 Å². The molecule has 0 spiro atoms. The molecule has 2 rings (SSSR count). The summed E-state index contributed by atoms with van der Waals surface area (Å²) in [6.45, 7) is 0. The quantitative estimate of drug-likeness (QED) is 0.506. The van der Waals surface area contributed by atoms with Crippen molar-refractivity contribution in [1.29, 1.82) is 0 Å². The fourth-order valence-corrected chi connectivity index (χ4v) is 1.48. The highest BCUT2D eigenvalue weighted by Crippen LogP contribution is 2.22. The molecule has 90 valence electrons. The molecule has 0 bridgehead atoms. The van der Waals surface area contributed by atoms with Crippen LogP contribution >= 0.6 is 11.6 Å². The van der Waals surface area contributed by atoms with E-state index < -0.39 is 0 Å². The molecule has 0 aliphatic rings. The van der Waals surface area contributed by atoms with Crippen LogP contribution in [0.4, 0.5) is 5.69 Å². The van der Waals surface area contributed by atoms with Gasteiger partial charge in [0.05, 0.1) is 5.88 Å². The molecule has 0 saturated heterocycles. The third-order valence-corrected chi connectivity index (χ3v) is 2.40. The first-order valence-corrected chi connectivity index (χ1v) is 5.99. The zero-order chi connectivity index (χ0) is 12.8. The first kappa shape index (κ1) is 12.3. The van der Waals surface area contributed by atoms with Crippen molar-refractivity contribution in [2.24, 2.45) is 0 Å². The average Bonchev–Trinajstić information content (AvgIpc) is 2.41. The summed E-state index contributed by atoms with van der Waals surface area (Å²) in [5.41, 5.74) is 7.24. The Kier molecular flexibility index (Phi) is 4.11. The second-order valence-electron chi connectivity index (χ2n) is 3.63. The van der Waals surface area contributed by atoms with Crippen molar-refractivity contribution in [3.8, 4) is 23.3 Å². The number of ether oxygens (including phenoxy) is 1. The number of halogens is 1. The lowest BCUT2D eigenvalue weighted by atomic mass is 10.2. The van der Waals surface area contributed by atoms with E-state index in [9.17, 15) is 0 Å². The van der Waals surface area contributed by atoms with Gasteiger partial charge in [-0.2, -0.15) is 0 Å². The Morgan fingerprint density at radius 2 is 1.50 bits per heavy atom. The van der Waals surface area contributed by atoms with Crippen molar-refractivity contribution >= 4 is 17.3 Å². The van der Waals surface area contributed by atoms with Gasteiger partial charge in [0.2, 0.25) is 0 Å². The van der Waals surface area contributed by atoms with Crippen molar-refractivity contribution in [2.75, 3.05) is 11.6 Å².